The van der Waals surface area contributed by atoms with Crippen molar-refractivity contribution in [2.75, 3.05) is 27.3 Å². The first kappa shape index (κ1) is 14.4. The fourth-order valence-electron chi connectivity index (χ4n) is 1.18. The third-order valence-electron chi connectivity index (χ3n) is 2.98. The van der Waals surface area contributed by atoms with Gasteiger partial charge in [-0.1, -0.05) is 13.8 Å². The van der Waals surface area contributed by atoms with Crippen molar-refractivity contribution in [3.63, 3.8) is 0 Å². The molecule has 0 radical (unpaired) electrons. The van der Waals surface area contributed by atoms with Gasteiger partial charge in [0, 0.05) is 18.6 Å². The molecule has 0 aromatic carbocycles. The Morgan fingerprint density at radius 3 is 2.47 bits per heavy atom. The Kier molecular flexibility index (Phi) is 5.83. The molecule has 0 spiro atoms. The topological polar surface area (TPSA) is 62.3 Å². The molecule has 1 unspecified atom stereocenters. The van der Waals surface area contributed by atoms with E-state index >= 15 is 0 Å². The number of rotatable bonds is 7. The summed E-state index contributed by atoms with van der Waals surface area (Å²) in [5.74, 6) is 0.260. The van der Waals surface area contributed by atoms with Gasteiger partial charge in [0.2, 0.25) is 0 Å². The molecule has 1 atom stereocenters. The largest absolute Gasteiger partial charge is 0.387 e. The summed E-state index contributed by atoms with van der Waals surface area (Å²) in [5.41, 5.74) is 5.32. The highest BCUT2D eigenvalue weighted by Crippen LogP contribution is 2.20. The third-order valence-corrected chi connectivity index (χ3v) is 2.98. The van der Waals surface area contributed by atoms with Gasteiger partial charge in [-0.3, -0.25) is 5.41 Å². The Morgan fingerprint density at radius 1 is 1.53 bits per heavy atom. The first-order valence-electron chi connectivity index (χ1n) is 5.35. The van der Waals surface area contributed by atoms with Gasteiger partial charge in [-0.15, -0.1) is 0 Å². The van der Waals surface area contributed by atoms with Crippen molar-refractivity contribution in [1.82, 2.24) is 4.90 Å². The number of methoxy groups -OCH3 is 1. The molecule has 3 N–H and O–H groups in total. The van der Waals surface area contributed by atoms with E-state index in [0.717, 1.165) is 19.6 Å². The molecule has 0 amide bonds. The van der Waals surface area contributed by atoms with Gasteiger partial charge in [-0.2, -0.15) is 0 Å². The summed E-state index contributed by atoms with van der Waals surface area (Å²) in [6.45, 7) is 7.80. The Morgan fingerprint density at radius 2 is 2.07 bits per heavy atom. The summed E-state index contributed by atoms with van der Waals surface area (Å²) < 4.78 is 5.10. The van der Waals surface area contributed by atoms with Gasteiger partial charge in [0.05, 0.1) is 12.4 Å². The molecule has 0 saturated heterocycles. The van der Waals surface area contributed by atoms with Crippen molar-refractivity contribution in [1.29, 1.82) is 5.41 Å². The van der Waals surface area contributed by atoms with E-state index in [1.54, 1.807) is 7.11 Å². The molecule has 0 bridgehead atoms. The van der Waals surface area contributed by atoms with Crippen molar-refractivity contribution in [3.05, 3.63) is 0 Å². The summed E-state index contributed by atoms with van der Waals surface area (Å²) in [6, 6.07) is 0.401. The minimum absolute atomic E-state index is 0.207. The number of ether oxygens (including phenoxy) is 1. The zero-order chi connectivity index (χ0) is 12.1. The van der Waals surface area contributed by atoms with E-state index in [1.807, 2.05) is 13.8 Å². The zero-order valence-corrected chi connectivity index (χ0v) is 10.6. The molecule has 90 valence electrons. The van der Waals surface area contributed by atoms with Crippen molar-refractivity contribution in [2.24, 2.45) is 11.1 Å². The van der Waals surface area contributed by atoms with Gasteiger partial charge < -0.3 is 15.4 Å². The average molecular weight is 215 g/mol. The maximum absolute atomic E-state index is 7.46. The Hall–Kier alpha value is -0.610. The average Bonchev–Trinajstić information content (AvgIpc) is 2.14. The molecule has 4 nitrogen and oxygen atoms in total. The molecule has 0 aliphatic heterocycles. The summed E-state index contributed by atoms with van der Waals surface area (Å²) in [6.07, 6.45) is 0.896. The first-order chi connectivity index (χ1) is 6.81. The van der Waals surface area contributed by atoms with Crippen LogP contribution >= 0.6 is 0 Å². The van der Waals surface area contributed by atoms with E-state index in [1.165, 1.54) is 0 Å². The summed E-state index contributed by atoms with van der Waals surface area (Å²) in [4.78, 5) is 2.23. The predicted octanol–water partition coefficient (Wildman–Crippen LogP) is 1.31. The molecular weight excluding hydrogens is 190 g/mol. The second kappa shape index (κ2) is 6.08. The van der Waals surface area contributed by atoms with E-state index in [9.17, 15) is 0 Å². The molecule has 0 aromatic heterocycles. The summed E-state index contributed by atoms with van der Waals surface area (Å²) in [5, 5.41) is 7.46. The van der Waals surface area contributed by atoms with Gasteiger partial charge in [0.1, 0.15) is 0 Å². The van der Waals surface area contributed by atoms with Crippen LogP contribution in [-0.4, -0.2) is 44.1 Å². The lowest BCUT2D eigenvalue weighted by molar-refractivity contribution is 0.111. The molecule has 4 heteroatoms. The van der Waals surface area contributed by atoms with Gasteiger partial charge in [0.15, 0.2) is 0 Å². The molecule has 0 aliphatic rings. The van der Waals surface area contributed by atoms with Gasteiger partial charge in [-0.05, 0) is 26.9 Å². The number of nitrogens with two attached hydrogens (primary N) is 1. The second-order valence-corrected chi connectivity index (χ2v) is 4.83. The van der Waals surface area contributed by atoms with E-state index in [0.29, 0.717) is 6.04 Å². The molecule has 0 fully saturated rings. The van der Waals surface area contributed by atoms with Crippen LogP contribution in [0.25, 0.3) is 0 Å². The van der Waals surface area contributed by atoms with Crippen molar-refractivity contribution >= 4 is 5.84 Å². The van der Waals surface area contributed by atoms with Crippen LogP contribution in [0.4, 0.5) is 0 Å². The van der Waals surface area contributed by atoms with Gasteiger partial charge in [-0.25, -0.2) is 0 Å². The first-order valence-corrected chi connectivity index (χ1v) is 5.35. The highest BCUT2D eigenvalue weighted by atomic mass is 16.5. The number of likely N-dealkylation sites (N-methyl/N-ethyl adjacent to an activating group) is 1. The van der Waals surface area contributed by atoms with E-state index < -0.39 is 0 Å². The van der Waals surface area contributed by atoms with Gasteiger partial charge >= 0.3 is 0 Å². The fourth-order valence-corrected chi connectivity index (χ4v) is 1.18. The van der Waals surface area contributed by atoms with E-state index in [2.05, 4.69) is 18.9 Å². The Bertz CT molecular complexity index is 204. The monoisotopic (exact) mass is 215 g/mol. The molecule has 0 rings (SSSR count). The lowest BCUT2D eigenvalue weighted by atomic mass is 9.88. The van der Waals surface area contributed by atoms with Crippen LogP contribution in [0.2, 0.25) is 0 Å². The Balaban J connectivity index is 3.99. The number of amidine groups is 1. The van der Waals surface area contributed by atoms with Crippen molar-refractivity contribution in [3.8, 4) is 0 Å². The highest BCUT2D eigenvalue weighted by molar-refractivity contribution is 5.82. The Labute approximate surface area is 93.3 Å². The summed E-state index contributed by atoms with van der Waals surface area (Å²) in [7, 11) is 3.78. The van der Waals surface area contributed by atoms with Crippen LogP contribution in [0, 0.1) is 10.8 Å². The van der Waals surface area contributed by atoms with Crippen LogP contribution in [0.15, 0.2) is 0 Å². The normalized spacial score (nSPS) is 14.3. The quantitative estimate of drug-likeness (QED) is 0.497. The molecule has 0 heterocycles. The van der Waals surface area contributed by atoms with Crippen LogP contribution < -0.4 is 5.73 Å². The predicted molar refractivity (Wildman–Crippen MR) is 64.3 cm³/mol. The third kappa shape index (κ3) is 5.14. The number of hydrogen-bond donors (Lipinski definition) is 2. The zero-order valence-electron chi connectivity index (χ0n) is 10.6. The molecule has 0 saturated carbocycles. The number of nitrogens with one attached hydrogen (secondary N) is 1. The van der Waals surface area contributed by atoms with Crippen molar-refractivity contribution < 1.29 is 4.74 Å². The highest BCUT2D eigenvalue weighted by Gasteiger charge is 2.22. The molecule has 15 heavy (non-hydrogen) atoms. The number of nitrogens with zero attached hydrogens (tertiary/aromatic N) is 1. The summed E-state index contributed by atoms with van der Waals surface area (Å²) >= 11 is 0. The minimum Gasteiger partial charge on any atom is -0.387 e. The van der Waals surface area contributed by atoms with Crippen LogP contribution in [0.1, 0.15) is 27.2 Å². The fraction of sp³-hybridized carbons (Fsp3) is 0.909. The number of hydrogen-bond acceptors (Lipinski definition) is 3. The molecule has 0 aliphatic carbocycles. The standard InChI is InChI=1S/C11H25N3O/c1-9(8-15-5)14(4)7-6-11(2,3)10(12)13/h9H,6-8H2,1-5H3,(H3,12,13). The van der Waals surface area contributed by atoms with E-state index in [4.69, 9.17) is 15.9 Å². The molecule has 0 aromatic rings. The van der Waals surface area contributed by atoms with Crippen molar-refractivity contribution in [2.45, 2.75) is 33.2 Å². The second-order valence-electron chi connectivity index (χ2n) is 4.83. The van der Waals surface area contributed by atoms with Gasteiger partial charge in [0.25, 0.3) is 0 Å². The van der Waals surface area contributed by atoms with Crippen LogP contribution in [-0.2, 0) is 4.74 Å². The van der Waals surface area contributed by atoms with Crippen LogP contribution in [0.5, 0.6) is 0 Å². The van der Waals surface area contributed by atoms with Crippen LogP contribution in [0.3, 0.4) is 0 Å². The molecular formula is C11H25N3O. The maximum atomic E-state index is 7.46. The maximum Gasteiger partial charge on any atom is 0.0963 e. The van der Waals surface area contributed by atoms with E-state index in [-0.39, 0.29) is 11.3 Å². The lowest BCUT2D eigenvalue weighted by Crippen LogP contribution is -2.38. The smallest absolute Gasteiger partial charge is 0.0963 e. The SMILES string of the molecule is COCC(C)N(C)CCC(C)(C)C(=N)N. The lowest BCUT2D eigenvalue weighted by Gasteiger charge is -2.29. The minimum atomic E-state index is -0.207.